The van der Waals surface area contributed by atoms with E-state index in [1.807, 2.05) is 13.8 Å². The van der Waals surface area contributed by atoms with E-state index in [0.717, 1.165) is 12.8 Å². The molecule has 0 spiro atoms. The predicted octanol–water partition coefficient (Wildman–Crippen LogP) is 3.15. The van der Waals surface area contributed by atoms with Gasteiger partial charge in [-0.1, -0.05) is 25.1 Å². The third-order valence-electron chi connectivity index (χ3n) is 4.10. The maximum absolute atomic E-state index is 13.0. The average molecular weight is 369 g/mol. The van der Waals surface area contributed by atoms with Gasteiger partial charge in [0.15, 0.2) is 11.5 Å². The molecule has 3 aromatic heterocycles. The van der Waals surface area contributed by atoms with E-state index in [2.05, 4.69) is 15.5 Å². The average Bonchev–Trinajstić information content (AvgIpc) is 3.24. The fraction of sp³-hybridized carbons (Fsp3) is 0.368. The molecule has 3 rings (SSSR count). The van der Waals surface area contributed by atoms with Crippen molar-refractivity contribution in [2.24, 2.45) is 0 Å². The second kappa shape index (κ2) is 8.03. The number of imidazole rings is 1. The van der Waals surface area contributed by atoms with Crippen molar-refractivity contribution in [2.45, 2.75) is 33.6 Å². The Balaban J connectivity index is 1.98. The van der Waals surface area contributed by atoms with Crippen molar-refractivity contribution >= 4 is 23.1 Å². The predicted molar refractivity (Wildman–Crippen MR) is 101 cm³/mol. The molecule has 0 aliphatic heterocycles. The zero-order valence-corrected chi connectivity index (χ0v) is 15.7. The molecule has 142 valence electrons. The first-order chi connectivity index (χ1) is 13.0. The molecule has 2 amide bonds. The lowest BCUT2D eigenvalue weighted by Crippen LogP contribution is -2.33. The number of carbonyl (C=O) groups is 2. The molecule has 8 nitrogen and oxygen atoms in total. The second-order valence-corrected chi connectivity index (χ2v) is 6.31. The Bertz CT molecular complexity index is 953. The van der Waals surface area contributed by atoms with Crippen LogP contribution in [0.2, 0.25) is 0 Å². The van der Waals surface area contributed by atoms with E-state index in [1.54, 1.807) is 46.7 Å². The number of rotatable bonds is 7. The molecule has 8 heteroatoms. The highest BCUT2D eigenvalue weighted by Crippen LogP contribution is 2.17. The number of carbonyl (C=O) groups excluding carboxylic acids is 2. The van der Waals surface area contributed by atoms with E-state index in [1.165, 1.54) is 0 Å². The minimum Gasteiger partial charge on any atom is -0.360 e. The number of aromatic nitrogens is 3. The van der Waals surface area contributed by atoms with Gasteiger partial charge in [0.05, 0.1) is 5.52 Å². The van der Waals surface area contributed by atoms with Gasteiger partial charge in [0.1, 0.15) is 5.76 Å². The van der Waals surface area contributed by atoms with Crippen molar-refractivity contribution in [2.75, 3.05) is 18.4 Å². The number of hydrogen-bond acceptors (Lipinski definition) is 5. The van der Waals surface area contributed by atoms with Gasteiger partial charge in [0, 0.05) is 25.4 Å². The number of nitrogens with zero attached hydrogens (tertiary/aromatic N) is 4. The lowest BCUT2D eigenvalue weighted by molar-refractivity contribution is 0.0742. The Morgan fingerprint density at radius 3 is 2.59 bits per heavy atom. The molecule has 27 heavy (non-hydrogen) atoms. The van der Waals surface area contributed by atoms with E-state index in [9.17, 15) is 9.59 Å². The Labute approximate surface area is 157 Å². The quantitative estimate of drug-likeness (QED) is 0.691. The number of amides is 2. The van der Waals surface area contributed by atoms with Crippen LogP contribution in [0.5, 0.6) is 0 Å². The molecule has 0 saturated carbocycles. The highest BCUT2D eigenvalue weighted by atomic mass is 16.5. The van der Waals surface area contributed by atoms with Crippen molar-refractivity contribution in [3.05, 3.63) is 47.7 Å². The van der Waals surface area contributed by atoms with Crippen LogP contribution in [-0.4, -0.2) is 44.3 Å². The van der Waals surface area contributed by atoms with Crippen molar-refractivity contribution in [1.82, 2.24) is 19.4 Å². The monoisotopic (exact) mass is 369 g/mol. The number of anilines is 1. The summed E-state index contributed by atoms with van der Waals surface area (Å²) in [5.74, 6) is 0.500. The maximum Gasteiger partial charge on any atom is 0.290 e. The fourth-order valence-electron chi connectivity index (χ4n) is 2.95. The standard InChI is InChI=1S/C19H23N5O3/c1-4-9-23(10-5-2)19(26)17-21-16(14-8-6-7-11-24(14)17)18(25)20-15-12-13(3)27-22-15/h6-8,11-12H,4-5,9-10H2,1-3H3,(H,20,22,25). The molecule has 0 aromatic carbocycles. The van der Waals surface area contributed by atoms with E-state index < -0.39 is 5.91 Å². The number of nitrogens with one attached hydrogen (secondary N) is 1. The van der Waals surface area contributed by atoms with Crippen LogP contribution in [-0.2, 0) is 0 Å². The smallest absolute Gasteiger partial charge is 0.290 e. The Morgan fingerprint density at radius 2 is 1.96 bits per heavy atom. The first-order valence-corrected chi connectivity index (χ1v) is 9.06. The van der Waals surface area contributed by atoms with Crippen LogP contribution in [0.3, 0.4) is 0 Å². The van der Waals surface area contributed by atoms with Crippen molar-refractivity contribution in [3.8, 4) is 0 Å². The molecule has 0 radical (unpaired) electrons. The third kappa shape index (κ3) is 3.84. The molecule has 0 fully saturated rings. The van der Waals surface area contributed by atoms with Crippen molar-refractivity contribution < 1.29 is 14.1 Å². The molecule has 0 atom stereocenters. The molecular formula is C19H23N5O3. The van der Waals surface area contributed by atoms with E-state index >= 15 is 0 Å². The van der Waals surface area contributed by atoms with Crippen LogP contribution < -0.4 is 5.32 Å². The highest BCUT2D eigenvalue weighted by molar-refractivity contribution is 6.08. The summed E-state index contributed by atoms with van der Waals surface area (Å²) in [6.07, 6.45) is 3.45. The van der Waals surface area contributed by atoms with Gasteiger partial charge in [-0.15, -0.1) is 0 Å². The van der Waals surface area contributed by atoms with Gasteiger partial charge in [0.25, 0.3) is 11.8 Å². The van der Waals surface area contributed by atoms with Crippen LogP contribution >= 0.6 is 0 Å². The Morgan fingerprint density at radius 1 is 1.22 bits per heavy atom. The van der Waals surface area contributed by atoms with Gasteiger partial charge in [-0.2, -0.15) is 0 Å². The molecular weight excluding hydrogens is 346 g/mol. The molecule has 1 N–H and O–H groups in total. The summed E-state index contributed by atoms with van der Waals surface area (Å²) in [5, 5.41) is 6.42. The third-order valence-corrected chi connectivity index (χ3v) is 4.10. The SMILES string of the molecule is CCCN(CCC)C(=O)c1nc(C(=O)Nc2cc(C)on2)c2ccccn12. The first-order valence-electron chi connectivity index (χ1n) is 9.06. The zero-order chi connectivity index (χ0) is 19.4. The largest absolute Gasteiger partial charge is 0.360 e. The second-order valence-electron chi connectivity index (χ2n) is 6.31. The van der Waals surface area contributed by atoms with Gasteiger partial charge in [-0.3, -0.25) is 14.0 Å². The summed E-state index contributed by atoms with van der Waals surface area (Å²) in [5.41, 5.74) is 0.735. The lowest BCUT2D eigenvalue weighted by Gasteiger charge is -2.20. The zero-order valence-electron chi connectivity index (χ0n) is 15.7. The molecule has 0 bridgehead atoms. The normalized spacial score (nSPS) is 10.9. The van der Waals surface area contributed by atoms with Crippen LogP contribution in [0.15, 0.2) is 35.0 Å². The summed E-state index contributed by atoms with van der Waals surface area (Å²) < 4.78 is 6.62. The summed E-state index contributed by atoms with van der Waals surface area (Å²) >= 11 is 0. The minimum absolute atomic E-state index is 0.174. The summed E-state index contributed by atoms with van der Waals surface area (Å²) in [6, 6.07) is 6.99. The number of hydrogen-bond donors (Lipinski definition) is 1. The molecule has 3 heterocycles. The van der Waals surface area contributed by atoms with Crippen molar-refractivity contribution in [3.63, 3.8) is 0 Å². The van der Waals surface area contributed by atoms with E-state index in [0.29, 0.717) is 30.2 Å². The molecule has 0 aliphatic rings. The lowest BCUT2D eigenvalue weighted by atomic mass is 10.3. The molecule has 3 aromatic rings. The van der Waals surface area contributed by atoms with Gasteiger partial charge in [-0.25, -0.2) is 4.98 Å². The fourth-order valence-corrected chi connectivity index (χ4v) is 2.95. The topological polar surface area (TPSA) is 92.7 Å². The summed E-state index contributed by atoms with van der Waals surface area (Å²) in [4.78, 5) is 31.9. The minimum atomic E-state index is -0.441. The molecule has 0 aliphatic carbocycles. The van der Waals surface area contributed by atoms with Crippen LogP contribution in [0, 0.1) is 6.92 Å². The number of pyridine rings is 1. The Hall–Kier alpha value is -3.16. The van der Waals surface area contributed by atoms with E-state index in [-0.39, 0.29) is 17.4 Å². The molecule has 0 saturated heterocycles. The molecule has 0 unspecified atom stereocenters. The van der Waals surface area contributed by atoms with Gasteiger partial charge in [-0.05, 0) is 31.9 Å². The van der Waals surface area contributed by atoms with Crippen LogP contribution in [0.25, 0.3) is 5.52 Å². The number of fused-ring (bicyclic) bond motifs is 1. The van der Waals surface area contributed by atoms with Crippen molar-refractivity contribution in [1.29, 1.82) is 0 Å². The highest BCUT2D eigenvalue weighted by Gasteiger charge is 2.25. The van der Waals surface area contributed by atoms with Gasteiger partial charge in [0.2, 0.25) is 5.82 Å². The first kappa shape index (κ1) is 18.6. The summed E-state index contributed by atoms with van der Waals surface area (Å²) in [6.45, 7) is 7.08. The van der Waals surface area contributed by atoms with Crippen LogP contribution in [0.4, 0.5) is 5.82 Å². The van der Waals surface area contributed by atoms with Crippen LogP contribution in [0.1, 0.15) is 53.6 Å². The summed E-state index contributed by atoms with van der Waals surface area (Å²) in [7, 11) is 0. The van der Waals surface area contributed by atoms with Gasteiger partial charge >= 0.3 is 0 Å². The van der Waals surface area contributed by atoms with Gasteiger partial charge < -0.3 is 14.7 Å². The number of aryl methyl sites for hydroxylation is 1. The van der Waals surface area contributed by atoms with E-state index in [4.69, 9.17) is 4.52 Å². The maximum atomic E-state index is 13.0. The Kier molecular flexibility index (Phi) is 5.54.